The molecule has 0 spiro atoms. The number of hydrogen-bond acceptors (Lipinski definition) is 4. The third kappa shape index (κ3) is 4.02. The Balaban J connectivity index is 1.69. The maximum absolute atomic E-state index is 12.1. The van der Waals surface area contributed by atoms with Gasteiger partial charge in [-0.2, -0.15) is 0 Å². The van der Waals surface area contributed by atoms with Gasteiger partial charge in [-0.25, -0.2) is 9.79 Å². The van der Waals surface area contributed by atoms with E-state index in [2.05, 4.69) is 4.99 Å². The van der Waals surface area contributed by atoms with Crippen LogP contribution in [0.25, 0.3) is 0 Å². The second kappa shape index (κ2) is 6.48. The van der Waals surface area contributed by atoms with E-state index < -0.39 is 6.04 Å². The van der Waals surface area contributed by atoms with E-state index in [1.165, 1.54) is 0 Å². The Morgan fingerprint density at radius 1 is 1.04 bits per heavy atom. The van der Waals surface area contributed by atoms with E-state index in [4.69, 9.17) is 9.47 Å². The number of aliphatic imine (C=N–C) groups is 1. The van der Waals surface area contributed by atoms with E-state index in [0.29, 0.717) is 12.3 Å². The van der Waals surface area contributed by atoms with Crippen molar-refractivity contribution < 1.29 is 14.3 Å². The fraction of sp³-hybridized carbons (Fsp3) is 0.300. The van der Waals surface area contributed by atoms with Gasteiger partial charge in [-0.1, -0.05) is 30.3 Å². The monoisotopic (exact) mass is 323 g/mol. The van der Waals surface area contributed by atoms with Crippen LogP contribution in [0.2, 0.25) is 0 Å². The molecule has 2 aromatic rings. The number of benzene rings is 2. The van der Waals surface area contributed by atoms with Crippen molar-refractivity contribution in [2.45, 2.75) is 38.8 Å². The molecule has 2 aromatic carbocycles. The number of cyclic esters (lactones) is 1. The summed E-state index contributed by atoms with van der Waals surface area (Å²) < 4.78 is 11.1. The molecule has 0 aliphatic carbocycles. The average molecular weight is 323 g/mol. The molecule has 0 fully saturated rings. The number of esters is 1. The lowest BCUT2D eigenvalue weighted by atomic mass is 10.1. The normalized spacial score (nSPS) is 17.4. The molecule has 0 aromatic heterocycles. The molecule has 24 heavy (non-hydrogen) atoms. The van der Waals surface area contributed by atoms with Gasteiger partial charge in [-0.05, 0) is 50.6 Å². The minimum absolute atomic E-state index is 0.231. The number of carbonyl (C=O) groups excluding carboxylic acids is 1. The van der Waals surface area contributed by atoms with Crippen molar-refractivity contribution in [2.24, 2.45) is 4.99 Å². The van der Waals surface area contributed by atoms with Crippen LogP contribution in [0.3, 0.4) is 0 Å². The second-order valence-corrected chi connectivity index (χ2v) is 6.80. The van der Waals surface area contributed by atoms with E-state index in [1.54, 1.807) is 0 Å². The van der Waals surface area contributed by atoms with Crippen LogP contribution in [0.4, 0.5) is 0 Å². The largest absolute Gasteiger partial charge is 0.488 e. The maximum Gasteiger partial charge on any atom is 0.338 e. The SMILES string of the molecule is CC(C)(C)Oc1ccc(CC2N=C(c3ccccc3)OC2=O)cc1. The first-order valence-corrected chi connectivity index (χ1v) is 8.03. The Hall–Kier alpha value is -2.62. The van der Waals surface area contributed by atoms with Crippen LogP contribution in [-0.2, 0) is 16.0 Å². The summed E-state index contributed by atoms with van der Waals surface area (Å²) in [5.74, 6) is 0.913. The summed E-state index contributed by atoms with van der Waals surface area (Å²) in [4.78, 5) is 16.5. The van der Waals surface area contributed by atoms with E-state index in [-0.39, 0.29) is 11.6 Å². The first-order valence-electron chi connectivity index (χ1n) is 8.03. The third-order valence-corrected chi connectivity index (χ3v) is 3.54. The molecule has 3 rings (SSSR count). The van der Waals surface area contributed by atoms with Crippen LogP contribution < -0.4 is 4.74 Å². The van der Waals surface area contributed by atoms with Crippen molar-refractivity contribution in [1.82, 2.24) is 0 Å². The molecule has 0 N–H and O–H groups in total. The molecule has 4 nitrogen and oxygen atoms in total. The van der Waals surface area contributed by atoms with E-state index >= 15 is 0 Å². The zero-order valence-electron chi connectivity index (χ0n) is 14.2. The van der Waals surface area contributed by atoms with Crippen molar-refractivity contribution in [3.63, 3.8) is 0 Å². The lowest BCUT2D eigenvalue weighted by molar-refractivity contribution is -0.134. The van der Waals surface area contributed by atoms with E-state index in [9.17, 15) is 4.79 Å². The summed E-state index contributed by atoms with van der Waals surface area (Å²) in [6.45, 7) is 6.03. The van der Waals surface area contributed by atoms with Crippen LogP contribution in [0.1, 0.15) is 31.9 Å². The highest BCUT2D eigenvalue weighted by molar-refractivity contribution is 6.06. The molecular weight excluding hydrogens is 302 g/mol. The van der Waals surface area contributed by atoms with E-state index in [1.807, 2.05) is 75.4 Å². The van der Waals surface area contributed by atoms with Crippen molar-refractivity contribution in [3.8, 4) is 5.75 Å². The van der Waals surface area contributed by atoms with Crippen LogP contribution >= 0.6 is 0 Å². The quantitative estimate of drug-likeness (QED) is 0.805. The highest BCUT2D eigenvalue weighted by Gasteiger charge is 2.29. The fourth-order valence-corrected chi connectivity index (χ4v) is 2.50. The summed E-state index contributed by atoms with van der Waals surface area (Å²) in [6.07, 6.45) is 0.519. The predicted octanol–water partition coefficient (Wildman–Crippen LogP) is 3.78. The Morgan fingerprint density at radius 3 is 2.33 bits per heavy atom. The standard InChI is InChI=1S/C20H21NO3/c1-20(2,3)24-16-11-9-14(10-12-16)13-17-19(22)23-18(21-17)15-7-5-4-6-8-15/h4-12,17H,13H2,1-3H3. The second-order valence-electron chi connectivity index (χ2n) is 6.80. The van der Waals surface area contributed by atoms with Gasteiger partial charge in [0.1, 0.15) is 11.4 Å². The summed E-state index contributed by atoms with van der Waals surface area (Å²) in [7, 11) is 0. The first kappa shape index (κ1) is 16.2. The zero-order chi connectivity index (χ0) is 17.2. The highest BCUT2D eigenvalue weighted by Crippen LogP contribution is 2.21. The van der Waals surface area contributed by atoms with Crippen LogP contribution in [0.5, 0.6) is 5.75 Å². The number of ether oxygens (including phenoxy) is 2. The lowest BCUT2D eigenvalue weighted by Crippen LogP contribution is -2.23. The topological polar surface area (TPSA) is 47.9 Å². The van der Waals surface area contributed by atoms with Gasteiger partial charge in [-0.15, -0.1) is 0 Å². The molecule has 1 heterocycles. The summed E-state index contributed by atoms with van der Waals surface area (Å²) in [5, 5.41) is 0. The van der Waals surface area contributed by atoms with Crippen LogP contribution in [0, 0.1) is 0 Å². The summed E-state index contributed by atoms with van der Waals surface area (Å²) in [6, 6.07) is 16.7. The fourth-order valence-electron chi connectivity index (χ4n) is 2.50. The minimum Gasteiger partial charge on any atom is -0.488 e. The smallest absolute Gasteiger partial charge is 0.338 e. The Labute approximate surface area is 142 Å². The molecule has 0 radical (unpaired) electrons. The number of hydrogen-bond donors (Lipinski definition) is 0. The molecule has 1 unspecified atom stereocenters. The molecular formula is C20H21NO3. The lowest BCUT2D eigenvalue weighted by Gasteiger charge is -2.21. The number of carbonyl (C=O) groups is 1. The Kier molecular flexibility index (Phi) is 4.38. The van der Waals surface area contributed by atoms with Crippen molar-refractivity contribution >= 4 is 11.9 Å². The Bertz CT molecular complexity index is 743. The number of rotatable bonds is 4. The molecule has 1 atom stereocenters. The maximum atomic E-state index is 12.1. The van der Waals surface area contributed by atoms with Gasteiger partial charge in [0.05, 0.1) is 0 Å². The average Bonchev–Trinajstić information content (AvgIpc) is 2.90. The summed E-state index contributed by atoms with van der Waals surface area (Å²) in [5.41, 5.74) is 1.62. The minimum atomic E-state index is -0.491. The molecule has 0 saturated heterocycles. The molecule has 1 aliphatic heterocycles. The van der Waals surface area contributed by atoms with Gasteiger partial charge in [0.25, 0.3) is 0 Å². The molecule has 4 heteroatoms. The van der Waals surface area contributed by atoms with E-state index in [0.717, 1.165) is 16.9 Å². The molecule has 0 saturated carbocycles. The van der Waals surface area contributed by atoms with Crippen LogP contribution in [0.15, 0.2) is 59.6 Å². The molecule has 0 amide bonds. The number of nitrogens with zero attached hydrogens (tertiary/aromatic N) is 1. The predicted molar refractivity (Wildman–Crippen MR) is 93.4 cm³/mol. The highest BCUT2D eigenvalue weighted by atomic mass is 16.6. The molecule has 0 bridgehead atoms. The molecule has 1 aliphatic rings. The van der Waals surface area contributed by atoms with Gasteiger partial charge in [0.15, 0.2) is 6.04 Å². The van der Waals surface area contributed by atoms with Gasteiger partial charge < -0.3 is 9.47 Å². The van der Waals surface area contributed by atoms with Crippen molar-refractivity contribution in [2.75, 3.05) is 0 Å². The Morgan fingerprint density at radius 2 is 1.71 bits per heavy atom. The van der Waals surface area contributed by atoms with Gasteiger partial charge in [0, 0.05) is 12.0 Å². The van der Waals surface area contributed by atoms with Crippen LogP contribution in [-0.4, -0.2) is 23.5 Å². The van der Waals surface area contributed by atoms with Gasteiger partial charge >= 0.3 is 5.97 Å². The van der Waals surface area contributed by atoms with Crippen molar-refractivity contribution in [1.29, 1.82) is 0 Å². The first-order chi connectivity index (χ1) is 11.4. The van der Waals surface area contributed by atoms with Gasteiger partial charge in [-0.3, -0.25) is 0 Å². The third-order valence-electron chi connectivity index (χ3n) is 3.54. The van der Waals surface area contributed by atoms with Crippen molar-refractivity contribution in [3.05, 3.63) is 65.7 Å². The zero-order valence-corrected chi connectivity index (χ0v) is 14.2. The van der Waals surface area contributed by atoms with Gasteiger partial charge in [0.2, 0.25) is 5.90 Å². The molecule has 124 valence electrons. The summed E-state index contributed by atoms with van der Waals surface area (Å²) >= 11 is 0.